The first-order valence-electron chi connectivity index (χ1n) is 8.81. The molecule has 170 valence electrons. The number of esters is 1. The van der Waals surface area contributed by atoms with Crippen LogP contribution >= 0.6 is 11.8 Å². The summed E-state index contributed by atoms with van der Waals surface area (Å²) in [7, 11) is -5.98. The summed E-state index contributed by atoms with van der Waals surface area (Å²) in [5.41, 5.74) is -2.22. The molecule has 2 bridgehead atoms. The van der Waals surface area contributed by atoms with E-state index in [1.807, 2.05) is 0 Å². The number of hydrogen-bond donors (Lipinski definition) is 4. The van der Waals surface area contributed by atoms with Gasteiger partial charge in [-0.2, -0.15) is 29.0 Å². The van der Waals surface area contributed by atoms with Crippen molar-refractivity contribution in [2.75, 3.05) is 6.61 Å². The molecule has 4 N–H and O–H groups in total. The fourth-order valence-corrected chi connectivity index (χ4v) is 6.83. The van der Waals surface area contributed by atoms with Crippen LogP contribution < -0.4 is 0 Å². The third kappa shape index (κ3) is 5.02. The molecule has 0 spiro atoms. The summed E-state index contributed by atoms with van der Waals surface area (Å²) in [4.78, 5) is 11.7. The highest BCUT2D eigenvalue weighted by Gasteiger charge is 2.61. The number of rotatable bonds is 8. The van der Waals surface area contributed by atoms with Gasteiger partial charge in [0.1, 0.15) is 6.61 Å². The van der Waals surface area contributed by atoms with Crippen LogP contribution in [-0.2, 0) is 24.4 Å². The van der Waals surface area contributed by atoms with E-state index in [1.54, 1.807) is 27.7 Å². The SMILES string of the molecule is CC(C)(O)C1C2CC(OCC(=O)OC(O)C(F)(F)S(=O)(=O)O)C(S2)C1C(C)(C)O. The van der Waals surface area contributed by atoms with E-state index in [1.165, 1.54) is 11.8 Å². The predicted octanol–water partition coefficient (Wildman–Crippen LogP) is 0.376. The molecule has 0 radical (unpaired) electrons. The Morgan fingerprint density at radius 2 is 1.69 bits per heavy atom. The number of aliphatic hydroxyl groups is 3. The molecule has 0 aromatic heterocycles. The van der Waals surface area contributed by atoms with Crippen molar-refractivity contribution in [1.29, 1.82) is 0 Å². The maximum atomic E-state index is 13.2. The van der Waals surface area contributed by atoms with Crippen molar-refractivity contribution in [2.45, 2.75) is 73.5 Å². The number of fused-ring (bicyclic) bond motifs is 2. The van der Waals surface area contributed by atoms with E-state index < -0.39 is 51.5 Å². The van der Waals surface area contributed by atoms with Crippen LogP contribution in [0.15, 0.2) is 0 Å². The van der Waals surface area contributed by atoms with E-state index in [0.717, 1.165) is 0 Å². The molecule has 6 unspecified atom stereocenters. The number of aliphatic hydroxyl groups excluding tert-OH is 1. The number of alkyl halides is 2. The highest BCUT2D eigenvalue weighted by Crippen LogP contribution is 2.59. The molecule has 6 atom stereocenters. The highest BCUT2D eigenvalue weighted by atomic mass is 32.2. The van der Waals surface area contributed by atoms with Gasteiger partial charge in [-0.05, 0) is 34.1 Å². The Hall–Kier alpha value is -0.570. The summed E-state index contributed by atoms with van der Waals surface area (Å²) in [5, 5.41) is 24.8. The Labute approximate surface area is 171 Å². The maximum absolute atomic E-state index is 13.2. The van der Waals surface area contributed by atoms with E-state index in [-0.39, 0.29) is 22.3 Å². The summed E-state index contributed by atoms with van der Waals surface area (Å²) in [6.45, 7) is 5.68. The molecule has 0 aromatic carbocycles. The quantitative estimate of drug-likeness (QED) is 0.225. The van der Waals surface area contributed by atoms with Gasteiger partial charge in [0.25, 0.3) is 6.29 Å². The highest BCUT2D eigenvalue weighted by molar-refractivity contribution is 8.01. The molecule has 2 heterocycles. The lowest BCUT2D eigenvalue weighted by Gasteiger charge is -2.45. The fourth-order valence-electron chi connectivity index (χ4n) is 4.12. The molecule has 0 amide bonds. The zero-order valence-electron chi connectivity index (χ0n) is 16.3. The summed E-state index contributed by atoms with van der Waals surface area (Å²) in [5.74, 6) is -2.06. The molecule has 9 nitrogen and oxygen atoms in total. The molecule has 0 aromatic rings. The van der Waals surface area contributed by atoms with Crippen LogP contribution in [0.1, 0.15) is 34.1 Å². The minimum absolute atomic E-state index is 0.0631. The van der Waals surface area contributed by atoms with Crippen LogP contribution in [0.5, 0.6) is 0 Å². The van der Waals surface area contributed by atoms with E-state index in [0.29, 0.717) is 6.42 Å². The van der Waals surface area contributed by atoms with E-state index in [4.69, 9.17) is 14.4 Å². The number of ether oxygens (including phenoxy) is 2. The van der Waals surface area contributed by atoms with Crippen LogP contribution in [0.25, 0.3) is 0 Å². The van der Waals surface area contributed by atoms with Crippen molar-refractivity contribution >= 4 is 27.8 Å². The second kappa shape index (κ2) is 7.84. The van der Waals surface area contributed by atoms with Crippen LogP contribution in [-0.4, -0.2) is 80.2 Å². The van der Waals surface area contributed by atoms with Crippen LogP contribution in [0, 0.1) is 11.8 Å². The van der Waals surface area contributed by atoms with Gasteiger partial charge in [0, 0.05) is 22.3 Å². The van der Waals surface area contributed by atoms with Crippen LogP contribution in [0.3, 0.4) is 0 Å². The number of carbonyl (C=O) groups excluding carboxylic acids is 1. The lowest BCUT2D eigenvalue weighted by Crippen LogP contribution is -2.54. The second-order valence-electron chi connectivity index (χ2n) is 8.46. The minimum Gasteiger partial charge on any atom is -0.426 e. The van der Waals surface area contributed by atoms with Gasteiger partial charge in [-0.3, -0.25) is 4.55 Å². The third-order valence-corrected chi connectivity index (χ3v) is 7.86. The maximum Gasteiger partial charge on any atom is 0.430 e. The summed E-state index contributed by atoms with van der Waals surface area (Å²) >= 11 is 1.50. The zero-order chi connectivity index (χ0) is 22.6. The fraction of sp³-hybridized carbons (Fsp3) is 0.938. The van der Waals surface area contributed by atoms with Crippen molar-refractivity contribution in [3.8, 4) is 0 Å². The van der Waals surface area contributed by atoms with Gasteiger partial charge in [-0.15, -0.1) is 0 Å². The lowest BCUT2D eigenvalue weighted by molar-refractivity contribution is -0.210. The summed E-state index contributed by atoms with van der Waals surface area (Å²) in [6, 6.07) is 0. The van der Waals surface area contributed by atoms with Crippen LogP contribution in [0.2, 0.25) is 0 Å². The molecule has 29 heavy (non-hydrogen) atoms. The van der Waals surface area contributed by atoms with Gasteiger partial charge in [-0.1, -0.05) is 0 Å². The van der Waals surface area contributed by atoms with Crippen molar-refractivity contribution in [3.63, 3.8) is 0 Å². The van der Waals surface area contributed by atoms with E-state index in [9.17, 15) is 32.2 Å². The second-order valence-corrected chi connectivity index (χ2v) is 11.4. The summed E-state index contributed by atoms with van der Waals surface area (Å²) in [6.07, 6.45) is -3.51. The zero-order valence-corrected chi connectivity index (χ0v) is 17.9. The molecule has 2 aliphatic rings. The number of halogens is 2. The molecule has 13 heteroatoms. The molecular weight excluding hydrogens is 438 g/mol. The smallest absolute Gasteiger partial charge is 0.426 e. The van der Waals surface area contributed by atoms with Gasteiger partial charge in [0.2, 0.25) is 0 Å². The van der Waals surface area contributed by atoms with Crippen LogP contribution in [0.4, 0.5) is 8.78 Å². The van der Waals surface area contributed by atoms with E-state index >= 15 is 0 Å². The Morgan fingerprint density at radius 3 is 2.14 bits per heavy atom. The molecule has 2 rings (SSSR count). The molecule has 2 saturated heterocycles. The number of hydrogen-bond acceptors (Lipinski definition) is 9. The Balaban J connectivity index is 2.00. The topological polar surface area (TPSA) is 151 Å². The Morgan fingerprint density at radius 1 is 1.17 bits per heavy atom. The average Bonchev–Trinajstić information content (AvgIpc) is 3.08. The Kier molecular flexibility index (Phi) is 6.68. The number of carbonyl (C=O) groups is 1. The average molecular weight is 465 g/mol. The molecule has 2 fully saturated rings. The first-order valence-corrected chi connectivity index (χ1v) is 11.2. The molecule has 2 aliphatic heterocycles. The monoisotopic (exact) mass is 464 g/mol. The van der Waals surface area contributed by atoms with Crippen molar-refractivity contribution in [1.82, 2.24) is 0 Å². The molecular formula is C16H26F2O9S2. The molecule has 0 saturated carbocycles. The lowest BCUT2D eigenvalue weighted by atomic mass is 9.65. The molecule has 0 aliphatic carbocycles. The normalized spacial score (nSPS) is 31.7. The van der Waals surface area contributed by atoms with Crippen molar-refractivity contribution in [3.05, 3.63) is 0 Å². The minimum atomic E-state index is -5.98. The van der Waals surface area contributed by atoms with Gasteiger partial charge in [-0.25, -0.2) is 4.79 Å². The van der Waals surface area contributed by atoms with Gasteiger partial charge in [0.05, 0.1) is 17.3 Å². The summed E-state index contributed by atoms with van der Waals surface area (Å²) < 4.78 is 65.3. The standard InChI is InChI=1S/C16H26F2O9S2/c1-14(2,21)10-8-5-7(12(28-8)11(10)15(3,4)22)26-6-9(19)27-13(20)16(17,18)29(23,24)25/h7-8,10-13,20-22H,5-6H2,1-4H3,(H,23,24,25). The number of thioether (sulfide) groups is 1. The first kappa shape index (κ1) is 24.7. The van der Waals surface area contributed by atoms with Gasteiger partial charge >= 0.3 is 21.3 Å². The Bertz CT molecular complexity index is 730. The van der Waals surface area contributed by atoms with Gasteiger partial charge < -0.3 is 24.8 Å². The van der Waals surface area contributed by atoms with Gasteiger partial charge in [0.15, 0.2) is 0 Å². The van der Waals surface area contributed by atoms with E-state index in [2.05, 4.69) is 4.74 Å². The van der Waals surface area contributed by atoms with Crippen molar-refractivity contribution in [2.24, 2.45) is 11.8 Å². The third-order valence-electron chi connectivity index (χ3n) is 5.23. The predicted molar refractivity (Wildman–Crippen MR) is 97.7 cm³/mol. The largest absolute Gasteiger partial charge is 0.430 e. The van der Waals surface area contributed by atoms with Crippen molar-refractivity contribution < 1.29 is 51.3 Å². The first-order chi connectivity index (χ1) is 12.9.